The molecule has 0 bridgehead atoms. The number of benzene rings is 2. The maximum atomic E-state index is 13.1. The van der Waals surface area contributed by atoms with Gasteiger partial charge in [0.1, 0.15) is 17.5 Å². The van der Waals surface area contributed by atoms with Crippen LogP contribution in [0.4, 0.5) is 13.2 Å². The van der Waals surface area contributed by atoms with E-state index in [0.717, 1.165) is 17.7 Å². The van der Waals surface area contributed by atoms with Gasteiger partial charge in [0.2, 0.25) is 0 Å². The molecular formula is C23H24ClF3N2O5. The van der Waals surface area contributed by atoms with Gasteiger partial charge in [-0.15, -0.1) is 0 Å². The van der Waals surface area contributed by atoms with Gasteiger partial charge in [-0.2, -0.15) is 13.2 Å². The number of ether oxygens (including phenoxy) is 3. The lowest BCUT2D eigenvalue weighted by atomic mass is 10.1. The molecule has 1 heterocycles. The average Bonchev–Trinajstić information content (AvgIpc) is 3.19. The third-order valence-electron chi connectivity index (χ3n) is 5.55. The SMILES string of the molecule is COC(=O)[C@@H]1C[C@H](NC(=O)c2cc(C(F)(F)F)ccc2Cl)CN1Cc1cc(OC)cc(OC)c1. The minimum Gasteiger partial charge on any atom is -0.497 e. The van der Waals surface area contributed by atoms with Gasteiger partial charge < -0.3 is 19.5 Å². The molecular weight excluding hydrogens is 477 g/mol. The number of hydrogen-bond acceptors (Lipinski definition) is 6. The molecule has 7 nitrogen and oxygen atoms in total. The van der Waals surface area contributed by atoms with E-state index in [1.807, 2.05) is 4.90 Å². The fraction of sp³-hybridized carbons (Fsp3) is 0.391. The van der Waals surface area contributed by atoms with Gasteiger partial charge >= 0.3 is 12.1 Å². The van der Waals surface area contributed by atoms with Crippen LogP contribution in [0.3, 0.4) is 0 Å². The molecule has 11 heteroatoms. The highest BCUT2D eigenvalue weighted by Gasteiger charge is 2.39. The highest BCUT2D eigenvalue weighted by Crippen LogP contribution is 2.32. The molecule has 1 amide bonds. The number of esters is 1. The van der Waals surface area contributed by atoms with Gasteiger partial charge in [0.15, 0.2) is 0 Å². The van der Waals surface area contributed by atoms with Crippen molar-refractivity contribution in [2.75, 3.05) is 27.9 Å². The van der Waals surface area contributed by atoms with Crippen molar-refractivity contribution in [1.82, 2.24) is 10.2 Å². The van der Waals surface area contributed by atoms with Crippen molar-refractivity contribution in [3.8, 4) is 11.5 Å². The lowest BCUT2D eigenvalue weighted by molar-refractivity contribution is -0.146. The lowest BCUT2D eigenvalue weighted by Crippen LogP contribution is -2.38. The Morgan fingerprint density at radius 3 is 2.29 bits per heavy atom. The molecule has 1 aliphatic rings. The Bertz CT molecular complexity index is 1040. The monoisotopic (exact) mass is 500 g/mol. The molecule has 2 aromatic rings. The van der Waals surface area contributed by atoms with Crippen LogP contribution in [0.15, 0.2) is 36.4 Å². The van der Waals surface area contributed by atoms with E-state index in [1.165, 1.54) is 21.3 Å². The molecule has 34 heavy (non-hydrogen) atoms. The summed E-state index contributed by atoms with van der Waals surface area (Å²) in [7, 11) is 4.32. The van der Waals surface area contributed by atoms with Gasteiger partial charge in [-0.25, -0.2) is 0 Å². The largest absolute Gasteiger partial charge is 0.497 e. The van der Waals surface area contributed by atoms with Crippen LogP contribution in [-0.4, -0.2) is 56.7 Å². The summed E-state index contributed by atoms with van der Waals surface area (Å²) in [6.07, 6.45) is -4.40. The fourth-order valence-corrected chi connectivity index (χ4v) is 4.10. The molecule has 1 saturated heterocycles. The highest BCUT2D eigenvalue weighted by atomic mass is 35.5. The number of nitrogens with one attached hydrogen (secondary N) is 1. The average molecular weight is 501 g/mol. The van der Waals surface area contributed by atoms with Gasteiger partial charge in [0.25, 0.3) is 5.91 Å². The van der Waals surface area contributed by atoms with Crippen molar-refractivity contribution in [2.24, 2.45) is 0 Å². The second-order valence-corrected chi connectivity index (χ2v) is 8.19. The zero-order valence-electron chi connectivity index (χ0n) is 18.7. The van der Waals surface area contributed by atoms with E-state index in [-0.39, 0.29) is 23.6 Å². The zero-order valence-corrected chi connectivity index (χ0v) is 19.5. The van der Waals surface area contributed by atoms with Crippen LogP contribution in [0.25, 0.3) is 0 Å². The third kappa shape index (κ3) is 5.92. The molecule has 0 radical (unpaired) electrons. The summed E-state index contributed by atoms with van der Waals surface area (Å²) in [5.74, 6) is -0.0854. The molecule has 1 N–H and O–H groups in total. The molecule has 1 aliphatic heterocycles. The molecule has 2 atom stereocenters. The fourth-order valence-electron chi connectivity index (χ4n) is 3.89. The van der Waals surface area contributed by atoms with Crippen molar-refractivity contribution in [2.45, 2.75) is 31.2 Å². The van der Waals surface area contributed by atoms with E-state index in [2.05, 4.69) is 5.32 Å². The number of methoxy groups -OCH3 is 3. The maximum Gasteiger partial charge on any atom is 0.416 e. The molecule has 0 spiro atoms. The molecule has 3 rings (SSSR count). The Kier molecular flexibility index (Phi) is 7.93. The van der Waals surface area contributed by atoms with Crippen LogP contribution < -0.4 is 14.8 Å². The van der Waals surface area contributed by atoms with Gasteiger partial charge in [-0.1, -0.05) is 11.6 Å². The normalized spacial score (nSPS) is 18.4. The first kappa shape index (κ1) is 25.6. The topological polar surface area (TPSA) is 77.1 Å². The van der Waals surface area contributed by atoms with Crippen LogP contribution in [0, 0.1) is 0 Å². The summed E-state index contributed by atoms with van der Waals surface area (Å²) in [6, 6.07) is 6.69. The van der Waals surface area contributed by atoms with Crippen molar-refractivity contribution < 1.29 is 37.0 Å². The zero-order chi connectivity index (χ0) is 25.0. The third-order valence-corrected chi connectivity index (χ3v) is 5.88. The minimum atomic E-state index is -4.61. The number of hydrogen-bond donors (Lipinski definition) is 1. The van der Waals surface area contributed by atoms with Gasteiger partial charge in [0.05, 0.1) is 37.5 Å². The first-order valence-corrected chi connectivity index (χ1v) is 10.6. The second-order valence-electron chi connectivity index (χ2n) is 7.79. The summed E-state index contributed by atoms with van der Waals surface area (Å²) in [6.45, 7) is 0.589. The Hall–Kier alpha value is -2.98. The summed E-state index contributed by atoms with van der Waals surface area (Å²) in [5, 5.41) is 2.59. The number of likely N-dealkylation sites (tertiary alicyclic amines) is 1. The Balaban J connectivity index is 1.79. The van der Waals surface area contributed by atoms with Crippen LogP contribution in [0.1, 0.15) is 27.9 Å². The maximum absolute atomic E-state index is 13.1. The quantitative estimate of drug-likeness (QED) is 0.581. The van der Waals surface area contributed by atoms with Gasteiger partial charge in [-0.05, 0) is 42.3 Å². The molecule has 184 valence electrons. The summed E-state index contributed by atoms with van der Waals surface area (Å²) in [5.41, 5.74) is -0.463. The van der Waals surface area contributed by atoms with Crippen molar-refractivity contribution in [3.63, 3.8) is 0 Å². The Morgan fingerprint density at radius 2 is 1.74 bits per heavy atom. The van der Waals surface area contributed by atoms with Crippen molar-refractivity contribution in [1.29, 1.82) is 0 Å². The number of halogens is 4. The summed E-state index contributed by atoms with van der Waals surface area (Å²) >= 11 is 5.98. The second kappa shape index (κ2) is 10.5. The lowest BCUT2D eigenvalue weighted by Gasteiger charge is -2.22. The number of carbonyl (C=O) groups is 2. The summed E-state index contributed by atoms with van der Waals surface area (Å²) in [4.78, 5) is 27.0. The van der Waals surface area contributed by atoms with Crippen LogP contribution >= 0.6 is 11.6 Å². The number of amides is 1. The Labute approximate surface area is 199 Å². The standard InChI is InChI=1S/C23H24ClF3N2O5/c1-32-16-6-13(7-17(10-16)33-2)11-29-12-15(9-20(29)22(31)34-3)28-21(30)18-8-14(23(25,26)27)4-5-19(18)24/h4-8,10,15,20H,9,11-12H2,1-3H3,(H,28,30)/t15-,20-/m0/s1. The molecule has 0 aromatic heterocycles. The van der Waals surface area contributed by atoms with Crippen LogP contribution in [0.2, 0.25) is 5.02 Å². The highest BCUT2D eigenvalue weighted by molar-refractivity contribution is 6.33. The number of rotatable bonds is 7. The first-order valence-electron chi connectivity index (χ1n) is 10.3. The van der Waals surface area contributed by atoms with Crippen molar-refractivity contribution >= 4 is 23.5 Å². The smallest absolute Gasteiger partial charge is 0.416 e. The predicted octanol–water partition coefficient (Wildman–Crippen LogP) is 3.92. The van der Waals surface area contributed by atoms with Gasteiger partial charge in [-0.3, -0.25) is 14.5 Å². The molecule has 0 aliphatic carbocycles. The molecule has 1 fully saturated rings. The molecule has 2 aromatic carbocycles. The number of alkyl halides is 3. The predicted molar refractivity (Wildman–Crippen MR) is 118 cm³/mol. The van der Waals surface area contributed by atoms with E-state index in [4.69, 9.17) is 25.8 Å². The van der Waals surface area contributed by atoms with Crippen LogP contribution in [-0.2, 0) is 22.3 Å². The molecule has 0 saturated carbocycles. The van der Waals surface area contributed by atoms with E-state index >= 15 is 0 Å². The summed E-state index contributed by atoms with van der Waals surface area (Å²) < 4.78 is 54.7. The minimum absolute atomic E-state index is 0.103. The Morgan fingerprint density at radius 1 is 1.09 bits per heavy atom. The van der Waals surface area contributed by atoms with Crippen molar-refractivity contribution in [3.05, 3.63) is 58.1 Å². The number of nitrogens with zero attached hydrogens (tertiary/aromatic N) is 1. The van der Waals surface area contributed by atoms with E-state index in [9.17, 15) is 22.8 Å². The van der Waals surface area contributed by atoms with E-state index in [1.54, 1.807) is 18.2 Å². The van der Waals surface area contributed by atoms with Gasteiger partial charge in [0, 0.05) is 25.2 Å². The van der Waals surface area contributed by atoms with Crippen LogP contribution in [0.5, 0.6) is 11.5 Å². The van der Waals surface area contributed by atoms with E-state index in [0.29, 0.717) is 24.1 Å². The molecule has 0 unspecified atom stereocenters. The first-order chi connectivity index (χ1) is 16.0. The van der Waals surface area contributed by atoms with E-state index < -0.39 is 35.7 Å². The number of carbonyl (C=O) groups excluding carboxylic acids is 2.